The summed E-state index contributed by atoms with van der Waals surface area (Å²) in [6, 6.07) is 9.26. The standard InChI is InChI=1S/C16H17NO2/c1-11-5-4-6-13-14(11)9-12(10-15(13)18)16(19)17-7-2-3-8-17/h4-6,9-10,18H,2-3,7-8H2,1H3. The quantitative estimate of drug-likeness (QED) is 0.850. The molecule has 2 aromatic carbocycles. The van der Waals surface area contributed by atoms with Crippen molar-refractivity contribution in [2.45, 2.75) is 19.8 Å². The number of rotatable bonds is 1. The van der Waals surface area contributed by atoms with Crippen LogP contribution in [0.1, 0.15) is 28.8 Å². The van der Waals surface area contributed by atoms with E-state index in [1.165, 1.54) is 0 Å². The SMILES string of the molecule is Cc1cccc2c(O)cc(C(=O)N3CCCC3)cc12. The fraction of sp³-hybridized carbons (Fsp3) is 0.312. The van der Waals surface area contributed by atoms with E-state index in [4.69, 9.17) is 0 Å². The van der Waals surface area contributed by atoms with Crippen molar-refractivity contribution < 1.29 is 9.90 Å². The Morgan fingerprint density at radius 3 is 2.63 bits per heavy atom. The molecule has 0 atom stereocenters. The van der Waals surface area contributed by atoms with Crippen molar-refractivity contribution in [1.29, 1.82) is 0 Å². The highest BCUT2D eigenvalue weighted by atomic mass is 16.3. The van der Waals surface area contributed by atoms with Gasteiger partial charge in [-0.25, -0.2) is 0 Å². The lowest BCUT2D eigenvalue weighted by Crippen LogP contribution is -2.27. The molecule has 1 aliphatic heterocycles. The van der Waals surface area contributed by atoms with Crippen LogP contribution in [0.15, 0.2) is 30.3 Å². The minimum absolute atomic E-state index is 0.0259. The van der Waals surface area contributed by atoms with Gasteiger partial charge in [0.05, 0.1) is 0 Å². The molecule has 0 aliphatic carbocycles. The molecule has 98 valence electrons. The maximum atomic E-state index is 12.4. The number of carbonyl (C=O) groups is 1. The van der Waals surface area contributed by atoms with E-state index in [9.17, 15) is 9.90 Å². The van der Waals surface area contributed by atoms with Crippen LogP contribution in [0.5, 0.6) is 5.75 Å². The van der Waals surface area contributed by atoms with E-state index in [0.29, 0.717) is 5.56 Å². The number of fused-ring (bicyclic) bond motifs is 1. The van der Waals surface area contributed by atoms with Crippen molar-refractivity contribution in [3.8, 4) is 5.75 Å². The highest BCUT2D eigenvalue weighted by Gasteiger charge is 2.20. The summed E-state index contributed by atoms with van der Waals surface area (Å²) in [5.41, 5.74) is 1.66. The molecule has 0 saturated carbocycles. The van der Waals surface area contributed by atoms with Crippen LogP contribution in [0.25, 0.3) is 10.8 Å². The molecule has 1 heterocycles. The number of amides is 1. The van der Waals surface area contributed by atoms with E-state index in [-0.39, 0.29) is 11.7 Å². The Kier molecular flexibility index (Phi) is 2.90. The Labute approximate surface area is 112 Å². The van der Waals surface area contributed by atoms with Crippen LogP contribution >= 0.6 is 0 Å². The summed E-state index contributed by atoms with van der Waals surface area (Å²) in [5.74, 6) is 0.210. The second-order valence-electron chi connectivity index (χ2n) is 5.16. The van der Waals surface area contributed by atoms with Gasteiger partial charge in [0, 0.05) is 24.0 Å². The summed E-state index contributed by atoms with van der Waals surface area (Å²) in [7, 11) is 0. The van der Waals surface area contributed by atoms with Crippen LogP contribution in [0.2, 0.25) is 0 Å². The zero-order chi connectivity index (χ0) is 13.4. The predicted molar refractivity (Wildman–Crippen MR) is 75.5 cm³/mol. The lowest BCUT2D eigenvalue weighted by molar-refractivity contribution is 0.0792. The molecule has 0 spiro atoms. The highest BCUT2D eigenvalue weighted by molar-refractivity contribution is 6.01. The molecule has 0 radical (unpaired) electrons. The molecule has 1 saturated heterocycles. The number of phenolic OH excluding ortho intramolecular Hbond substituents is 1. The van der Waals surface area contributed by atoms with Crippen molar-refractivity contribution in [2.24, 2.45) is 0 Å². The molecule has 3 heteroatoms. The molecule has 2 aromatic rings. The molecular formula is C16H17NO2. The maximum absolute atomic E-state index is 12.4. The number of nitrogens with zero attached hydrogens (tertiary/aromatic N) is 1. The molecule has 3 rings (SSSR count). The summed E-state index contributed by atoms with van der Waals surface area (Å²) in [6.07, 6.45) is 2.15. The van der Waals surface area contributed by atoms with Crippen molar-refractivity contribution in [1.82, 2.24) is 4.90 Å². The van der Waals surface area contributed by atoms with Gasteiger partial charge >= 0.3 is 0 Å². The number of phenols is 1. The van der Waals surface area contributed by atoms with Gasteiger partial charge in [-0.1, -0.05) is 18.2 Å². The average molecular weight is 255 g/mol. The molecule has 19 heavy (non-hydrogen) atoms. The molecule has 1 aliphatic rings. The van der Waals surface area contributed by atoms with Gasteiger partial charge in [-0.15, -0.1) is 0 Å². The van der Waals surface area contributed by atoms with Gasteiger partial charge in [-0.05, 0) is 42.8 Å². The first-order valence-corrected chi connectivity index (χ1v) is 6.68. The Hall–Kier alpha value is -2.03. The number of benzene rings is 2. The number of aromatic hydroxyl groups is 1. The molecule has 0 unspecified atom stereocenters. The van der Waals surface area contributed by atoms with Gasteiger partial charge in [0.25, 0.3) is 5.91 Å². The van der Waals surface area contributed by atoms with Crippen LogP contribution in [-0.4, -0.2) is 29.0 Å². The van der Waals surface area contributed by atoms with Crippen LogP contribution in [0.4, 0.5) is 0 Å². The largest absolute Gasteiger partial charge is 0.507 e. The van der Waals surface area contributed by atoms with Gasteiger partial charge < -0.3 is 10.0 Å². The smallest absolute Gasteiger partial charge is 0.254 e. The third-order valence-corrected chi connectivity index (χ3v) is 3.83. The van der Waals surface area contributed by atoms with Crippen molar-refractivity contribution in [3.05, 3.63) is 41.5 Å². The third kappa shape index (κ3) is 2.05. The number of hydrogen-bond donors (Lipinski definition) is 1. The molecule has 0 aromatic heterocycles. The summed E-state index contributed by atoms with van der Waals surface area (Å²) in [5, 5.41) is 11.9. The monoisotopic (exact) mass is 255 g/mol. The first-order chi connectivity index (χ1) is 9.16. The second kappa shape index (κ2) is 4.57. The molecule has 0 bridgehead atoms. The number of carbonyl (C=O) groups excluding carboxylic acids is 1. The number of likely N-dealkylation sites (tertiary alicyclic amines) is 1. The van der Waals surface area contributed by atoms with Crippen molar-refractivity contribution in [3.63, 3.8) is 0 Å². The Morgan fingerprint density at radius 1 is 1.16 bits per heavy atom. The first kappa shape index (κ1) is 12.0. The normalized spacial score (nSPS) is 15.1. The van der Waals surface area contributed by atoms with Gasteiger partial charge in [0.2, 0.25) is 0 Å². The van der Waals surface area contributed by atoms with Gasteiger partial charge in [0.15, 0.2) is 0 Å². The molecule has 1 N–H and O–H groups in total. The second-order valence-corrected chi connectivity index (χ2v) is 5.16. The van der Waals surface area contributed by atoms with Gasteiger partial charge in [0.1, 0.15) is 5.75 Å². The molecular weight excluding hydrogens is 238 g/mol. The Bertz CT molecular complexity index is 642. The van der Waals surface area contributed by atoms with E-state index in [1.807, 2.05) is 36.1 Å². The average Bonchev–Trinajstić information content (AvgIpc) is 2.93. The lowest BCUT2D eigenvalue weighted by Gasteiger charge is -2.16. The molecule has 3 nitrogen and oxygen atoms in total. The summed E-state index contributed by atoms with van der Waals surface area (Å²) >= 11 is 0. The lowest BCUT2D eigenvalue weighted by atomic mass is 10.0. The van der Waals surface area contributed by atoms with E-state index in [1.54, 1.807) is 6.07 Å². The summed E-state index contributed by atoms with van der Waals surface area (Å²) < 4.78 is 0. The minimum Gasteiger partial charge on any atom is -0.507 e. The van der Waals surface area contributed by atoms with Gasteiger partial charge in [-0.2, -0.15) is 0 Å². The molecule has 1 fully saturated rings. The van der Waals surface area contributed by atoms with Crippen molar-refractivity contribution >= 4 is 16.7 Å². The fourth-order valence-electron chi connectivity index (χ4n) is 2.74. The van der Waals surface area contributed by atoms with E-state index in [2.05, 4.69) is 0 Å². The third-order valence-electron chi connectivity index (χ3n) is 3.83. The van der Waals surface area contributed by atoms with Crippen LogP contribution in [0.3, 0.4) is 0 Å². The summed E-state index contributed by atoms with van der Waals surface area (Å²) in [6.45, 7) is 3.64. The van der Waals surface area contributed by atoms with E-state index in [0.717, 1.165) is 42.3 Å². The van der Waals surface area contributed by atoms with Crippen molar-refractivity contribution in [2.75, 3.05) is 13.1 Å². The van der Waals surface area contributed by atoms with Crippen LogP contribution < -0.4 is 0 Å². The Balaban J connectivity index is 2.09. The minimum atomic E-state index is 0.0259. The van der Waals surface area contributed by atoms with Gasteiger partial charge in [-0.3, -0.25) is 4.79 Å². The zero-order valence-corrected chi connectivity index (χ0v) is 11.0. The fourth-order valence-corrected chi connectivity index (χ4v) is 2.74. The maximum Gasteiger partial charge on any atom is 0.254 e. The predicted octanol–water partition coefficient (Wildman–Crippen LogP) is 3.09. The highest BCUT2D eigenvalue weighted by Crippen LogP contribution is 2.29. The number of aryl methyl sites for hydroxylation is 1. The summed E-state index contributed by atoms with van der Waals surface area (Å²) in [4.78, 5) is 14.2. The van der Waals surface area contributed by atoms with Crippen LogP contribution in [-0.2, 0) is 0 Å². The topological polar surface area (TPSA) is 40.5 Å². The zero-order valence-electron chi connectivity index (χ0n) is 11.0. The van der Waals surface area contributed by atoms with Crippen LogP contribution in [0, 0.1) is 6.92 Å². The molecule has 1 amide bonds. The number of hydrogen-bond acceptors (Lipinski definition) is 2. The first-order valence-electron chi connectivity index (χ1n) is 6.68. The Morgan fingerprint density at radius 2 is 1.89 bits per heavy atom. The van der Waals surface area contributed by atoms with E-state index >= 15 is 0 Å². The van der Waals surface area contributed by atoms with E-state index < -0.39 is 0 Å².